The highest BCUT2D eigenvalue weighted by Crippen LogP contribution is 2.22. The van der Waals surface area contributed by atoms with Gasteiger partial charge in [0.25, 0.3) is 0 Å². The fourth-order valence-corrected chi connectivity index (χ4v) is 1.30. The standard InChI is InChI=1S/C11H13F3O/c12-11(13,14)7-1-2-9-3-5-10(8-15)6-4-9/h3-6,15H,1-2,7-8H2. The summed E-state index contributed by atoms with van der Waals surface area (Å²) >= 11 is 0. The van der Waals surface area contributed by atoms with Crippen molar-refractivity contribution in [2.24, 2.45) is 0 Å². The van der Waals surface area contributed by atoms with Gasteiger partial charge in [-0.15, -0.1) is 0 Å². The molecule has 0 atom stereocenters. The first-order chi connectivity index (χ1) is 7.01. The van der Waals surface area contributed by atoms with Crippen molar-refractivity contribution in [3.63, 3.8) is 0 Å². The lowest BCUT2D eigenvalue weighted by molar-refractivity contribution is -0.135. The van der Waals surface area contributed by atoms with E-state index in [9.17, 15) is 13.2 Å². The van der Waals surface area contributed by atoms with Crippen LogP contribution in [0.15, 0.2) is 24.3 Å². The molecule has 0 aliphatic rings. The van der Waals surface area contributed by atoms with E-state index >= 15 is 0 Å². The molecule has 1 aromatic rings. The highest BCUT2D eigenvalue weighted by atomic mass is 19.4. The van der Waals surface area contributed by atoms with E-state index in [4.69, 9.17) is 5.11 Å². The van der Waals surface area contributed by atoms with Crippen molar-refractivity contribution in [1.82, 2.24) is 0 Å². The Kier molecular flexibility index (Phi) is 4.15. The fraction of sp³-hybridized carbons (Fsp3) is 0.455. The van der Waals surface area contributed by atoms with Crippen LogP contribution >= 0.6 is 0 Å². The number of alkyl halides is 3. The Balaban J connectivity index is 2.38. The summed E-state index contributed by atoms with van der Waals surface area (Å²) in [4.78, 5) is 0. The molecule has 1 aromatic carbocycles. The van der Waals surface area contributed by atoms with E-state index in [0.717, 1.165) is 11.1 Å². The molecule has 0 aromatic heterocycles. The average molecular weight is 218 g/mol. The van der Waals surface area contributed by atoms with Gasteiger partial charge in [-0.1, -0.05) is 24.3 Å². The summed E-state index contributed by atoms with van der Waals surface area (Å²) < 4.78 is 35.5. The van der Waals surface area contributed by atoms with Gasteiger partial charge < -0.3 is 5.11 Å². The second-order valence-electron chi connectivity index (χ2n) is 3.44. The number of hydrogen-bond donors (Lipinski definition) is 1. The topological polar surface area (TPSA) is 20.2 Å². The molecular weight excluding hydrogens is 205 g/mol. The van der Waals surface area contributed by atoms with Gasteiger partial charge in [-0.25, -0.2) is 0 Å². The Hall–Kier alpha value is -1.03. The lowest BCUT2D eigenvalue weighted by Crippen LogP contribution is -2.07. The van der Waals surface area contributed by atoms with E-state index in [1.54, 1.807) is 24.3 Å². The van der Waals surface area contributed by atoms with E-state index in [1.807, 2.05) is 0 Å². The molecule has 0 spiro atoms. The maximum absolute atomic E-state index is 11.8. The molecule has 0 radical (unpaired) electrons. The summed E-state index contributed by atoms with van der Waals surface area (Å²) in [5.41, 5.74) is 1.64. The molecule has 0 saturated carbocycles. The molecule has 0 amide bonds. The highest BCUT2D eigenvalue weighted by molar-refractivity contribution is 5.21. The highest BCUT2D eigenvalue weighted by Gasteiger charge is 2.25. The maximum Gasteiger partial charge on any atom is 0.389 e. The predicted molar refractivity (Wildman–Crippen MR) is 51.4 cm³/mol. The van der Waals surface area contributed by atoms with Crippen LogP contribution in [0.2, 0.25) is 0 Å². The summed E-state index contributed by atoms with van der Waals surface area (Å²) in [7, 11) is 0. The molecule has 0 fully saturated rings. The first-order valence-corrected chi connectivity index (χ1v) is 4.77. The van der Waals surface area contributed by atoms with E-state index in [1.165, 1.54) is 0 Å². The van der Waals surface area contributed by atoms with Crippen LogP contribution in [-0.4, -0.2) is 11.3 Å². The number of halogens is 3. The zero-order valence-corrected chi connectivity index (χ0v) is 8.22. The molecule has 1 nitrogen and oxygen atoms in total. The van der Waals surface area contributed by atoms with Crippen molar-refractivity contribution in [1.29, 1.82) is 0 Å². The van der Waals surface area contributed by atoms with E-state index in [0.29, 0.717) is 6.42 Å². The minimum absolute atomic E-state index is 0.0389. The number of hydrogen-bond acceptors (Lipinski definition) is 1. The van der Waals surface area contributed by atoms with Crippen molar-refractivity contribution in [2.45, 2.75) is 32.0 Å². The van der Waals surface area contributed by atoms with Crippen molar-refractivity contribution >= 4 is 0 Å². The Morgan fingerprint density at radius 3 is 2.00 bits per heavy atom. The molecule has 0 aliphatic carbocycles. The minimum atomic E-state index is -4.06. The van der Waals surface area contributed by atoms with Gasteiger partial charge in [-0.2, -0.15) is 13.2 Å². The van der Waals surface area contributed by atoms with Crippen LogP contribution in [0.5, 0.6) is 0 Å². The second-order valence-corrected chi connectivity index (χ2v) is 3.44. The largest absolute Gasteiger partial charge is 0.392 e. The normalized spacial score (nSPS) is 11.7. The quantitative estimate of drug-likeness (QED) is 0.823. The molecule has 4 heteroatoms. The molecular formula is C11H13F3O. The average Bonchev–Trinajstić information content (AvgIpc) is 2.17. The van der Waals surface area contributed by atoms with Gasteiger partial charge in [0.05, 0.1) is 6.61 Å². The van der Waals surface area contributed by atoms with Crippen LogP contribution in [0.4, 0.5) is 13.2 Å². The van der Waals surface area contributed by atoms with Crippen LogP contribution in [0, 0.1) is 0 Å². The maximum atomic E-state index is 11.8. The van der Waals surface area contributed by atoms with Crippen molar-refractivity contribution in [3.05, 3.63) is 35.4 Å². The number of aliphatic hydroxyl groups is 1. The first kappa shape index (κ1) is 12.0. The van der Waals surface area contributed by atoms with Gasteiger partial charge in [-0.3, -0.25) is 0 Å². The van der Waals surface area contributed by atoms with Crippen molar-refractivity contribution < 1.29 is 18.3 Å². The van der Waals surface area contributed by atoms with E-state index < -0.39 is 12.6 Å². The number of benzene rings is 1. The minimum Gasteiger partial charge on any atom is -0.392 e. The summed E-state index contributed by atoms with van der Waals surface area (Å²) in [6.07, 6.45) is -4.27. The lowest BCUT2D eigenvalue weighted by Gasteiger charge is -2.06. The molecule has 0 saturated heterocycles. The molecule has 0 bridgehead atoms. The molecule has 1 rings (SSSR count). The third-order valence-electron chi connectivity index (χ3n) is 2.13. The zero-order valence-electron chi connectivity index (χ0n) is 8.22. The Morgan fingerprint density at radius 2 is 1.53 bits per heavy atom. The van der Waals surface area contributed by atoms with Crippen LogP contribution in [0.1, 0.15) is 24.0 Å². The van der Waals surface area contributed by atoms with Crippen LogP contribution in [-0.2, 0) is 13.0 Å². The molecule has 84 valence electrons. The number of aryl methyl sites for hydroxylation is 1. The number of rotatable bonds is 4. The Bertz CT molecular complexity index is 290. The van der Waals surface area contributed by atoms with Crippen LogP contribution in [0.25, 0.3) is 0 Å². The lowest BCUT2D eigenvalue weighted by atomic mass is 10.1. The summed E-state index contributed by atoms with van der Waals surface area (Å²) in [6.45, 7) is -0.0389. The van der Waals surface area contributed by atoms with Crippen LogP contribution in [0.3, 0.4) is 0 Å². The summed E-state index contributed by atoms with van der Waals surface area (Å²) in [5.74, 6) is 0. The van der Waals surface area contributed by atoms with Gasteiger partial charge in [0.1, 0.15) is 0 Å². The molecule has 0 aliphatic heterocycles. The number of aliphatic hydroxyl groups excluding tert-OH is 1. The monoisotopic (exact) mass is 218 g/mol. The predicted octanol–water partition coefficient (Wildman–Crippen LogP) is 3.06. The summed E-state index contributed by atoms with van der Waals surface area (Å²) in [6, 6.07) is 6.95. The van der Waals surface area contributed by atoms with Gasteiger partial charge in [0.2, 0.25) is 0 Å². The van der Waals surface area contributed by atoms with Gasteiger partial charge in [0.15, 0.2) is 0 Å². The Labute approximate surface area is 86.5 Å². The molecule has 1 N–H and O–H groups in total. The Morgan fingerprint density at radius 1 is 1.00 bits per heavy atom. The van der Waals surface area contributed by atoms with Gasteiger partial charge >= 0.3 is 6.18 Å². The first-order valence-electron chi connectivity index (χ1n) is 4.77. The fourth-order valence-electron chi connectivity index (χ4n) is 1.30. The van der Waals surface area contributed by atoms with Gasteiger partial charge in [-0.05, 0) is 24.0 Å². The van der Waals surface area contributed by atoms with Crippen molar-refractivity contribution in [2.75, 3.05) is 0 Å². The molecule has 0 heterocycles. The van der Waals surface area contributed by atoms with E-state index in [2.05, 4.69) is 0 Å². The second kappa shape index (κ2) is 5.16. The van der Waals surface area contributed by atoms with Crippen LogP contribution < -0.4 is 0 Å². The van der Waals surface area contributed by atoms with E-state index in [-0.39, 0.29) is 13.0 Å². The van der Waals surface area contributed by atoms with Gasteiger partial charge in [0, 0.05) is 6.42 Å². The van der Waals surface area contributed by atoms with Crippen molar-refractivity contribution in [3.8, 4) is 0 Å². The molecule has 15 heavy (non-hydrogen) atoms. The SMILES string of the molecule is OCc1ccc(CCCC(F)(F)F)cc1. The third-order valence-corrected chi connectivity index (χ3v) is 2.13. The summed E-state index contributed by atoms with van der Waals surface area (Å²) in [5, 5.41) is 8.76. The zero-order chi connectivity index (χ0) is 11.3. The third kappa shape index (κ3) is 4.83. The molecule has 0 unspecified atom stereocenters. The smallest absolute Gasteiger partial charge is 0.389 e.